The lowest BCUT2D eigenvalue weighted by Gasteiger charge is -2.19. The normalized spacial score (nSPS) is 15.4. The Morgan fingerprint density at radius 1 is 1.33 bits per heavy atom. The first-order valence-electron chi connectivity index (χ1n) is 6.55. The van der Waals surface area contributed by atoms with Gasteiger partial charge in [0.2, 0.25) is 10.0 Å². The third-order valence-electron chi connectivity index (χ3n) is 2.91. The Morgan fingerprint density at radius 3 is 2.76 bits per heavy atom. The number of rotatable bonds is 5. The molecule has 0 amide bonds. The highest BCUT2D eigenvalue weighted by atomic mass is 35.5. The van der Waals surface area contributed by atoms with Crippen LogP contribution >= 0.6 is 35.0 Å². The minimum Gasteiger partial charge on any atom is -0.260 e. The molecule has 1 aliphatic heterocycles. The number of hydrogen-bond donors (Lipinski definition) is 0. The van der Waals surface area contributed by atoms with Crippen LogP contribution in [0.4, 0.5) is 0 Å². The summed E-state index contributed by atoms with van der Waals surface area (Å²) in [5, 5.41) is 1.57. The molecule has 21 heavy (non-hydrogen) atoms. The molecule has 1 aromatic carbocycles. The second-order valence-electron chi connectivity index (χ2n) is 4.59. The maximum atomic E-state index is 12.1. The molecule has 116 valence electrons. The van der Waals surface area contributed by atoms with Gasteiger partial charge < -0.3 is 0 Å². The molecule has 0 bridgehead atoms. The average molecular weight is 367 g/mol. The Hall–Kier alpha value is -0.430. The zero-order chi connectivity index (χ0) is 15.5. The van der Waals surface area contributed by atoms with Gasteiger partial charge in [0.05, 0.1) is 28.9 Å². The lowest BCUT2D eigenvalue weighted by molar-refractivity contribution is 0.539. The second-order valence-corrected chi connectivity index (χ2v) is 8.36. The zero-order valence-electron chi connectivity index (χ0n) is 11.6. The summed E-state index contributed by atoms with van der Waals surface area (Å²) in [6.07, 6.45) is 0.601. The van der Waals surface area contributed by atoms with E-state index < -0.39 is 10.0 Å². The summed E-state index contributed by atoms with van der Waals surface area (Å²) in [5.41, 5.74) is 0.983. The van der Waals surface area contributed by atoms with Gasteiger partial charge in [-0.3, -0.25) is 4.99 Å². The first kappa shape index (κ1) is 16.9. The molecule has 0 saturated carbocycles. The van der Waals surface area contributed by atoms with Crippen LogP contribution in [0.3, 0.4) is 0 Å². The summed E-state index contributed by atoms with van der Waals surface area (Å²) >= 11 is 13.3. The van der Waals surface area contributed by atoms with Crippen molar-refractivity contribution in [1.82, 2.24) is 4.31 Å². The van der Waals surface area contributed by atoms with Crippen LogP contribution in [0.2, 0.25) is 10.0 Å². The molecule has 4 nitrogen and oxygen atoms in total. The molecule has 1 aromatic rings. The largest absolute Gasteiger partial charge is 0.260 e. The number of aliphatic imine (C=N–C) groups is 1. The molecule has 0 N–H and O–H groups in total. The van der Waals surface area contributed by atoms with E-state index in [1.165, 1.54) is 16.1 Å². The van der Waals surface area contributed by atoms with Gasteiger partial charge in [-0.25, -0.2) is 12.7 Å². The third-order valence-corrected chi connectivity index (χ3v) is 6.80. The van der Waals surface area contributed by atoms with E-state index in [0.717, 1.165) is 5.56 Å². The van der Waals surface area contributed by atoms with E-state index in [-0.39, 0.29) is 5.75 Å². The summed E-state index contributed by atoms with van der Waals surface area (Å²) in [6.45, 7) is 2.81. The lowest BCUT2D eigenvalue weighted by atomic mass is 10.2. The molecule has 2 rings (SSSR count). The van der Waals surface area contributed by atoms with Crippen molar-refractivity contribution >= 4 is 50.2 Å². The van der Waals surface area contributed by atoms with Crippen molar-refractivity contribution in [3.05, 3.63) is 33.8 Å². The fourth-order valence-electron chi connectivity index (χ4n) is 1.93. The minimum absolute atomic E-state index is 0.152. The van der Waals surface area contributed by atoms with Gasteiger partial charge in [0, 0.05) is 5.75 Å². The Morgan fingerprint density at radius 2 is 2.10 bits per heavy atom. The van der Waals surface area contributed by atoms with E-state index in [4.69, 9.17) is 23.2 Å². The van der Waals surface area contributed by atoms with Crippen molar-refractivity contribution in [3.63, 3.8) is 0 Å². The first-order valence-corrected chi connectivity index (χ1v) is 9.90. The van der Waals surface area contributed by atoms with Gasteiger partial charge in [0.15, 0.2) is 5.17 Å². The van der Waals surface area contributed by atoms with Gasteiger partial charge in [-0.05, 0) is 24.1 Å². The maximum Gasteiger partial charge on any atom is 0.236 e. The highest BCUT2D eigenvalue weighted by Gasteiger charge is 2.28. The average Bonchev–Trinajstić information content (AvgIpc) is 2.89. The SMILES string of the molecule is CCCS(=O)(=O)N1CCN=C1SCc1ccc(Cl)c(Cl)c1. The van der Waals surface area contributed by atoms with Crippen molar-refractivity contribution < 1.29 is 8.42 Å². The van der Waals surface area contributed by atoms with Gasteiger partial charge in [0.25, 0.3) is 0 Å². The summed E-state index contributed by atoms with van der Waals surface area (Å²) in [6, 6.07) is 5.40. The van der Waals surface area contributed by atoms with Gasteiger partial charge in [-0.15, -0.1) is 0 Å². The second kappa shape index (κ2) is 7.22. The van der Waals surface area contributed by atoms with Crippen LogP contribution in [-0.2, 0) is 15.8 Å². The Balaban J connectivity index is 2.03. The smallest absolute Gasteiger partial charge is 0.236 e. The van der Waals surface area contributed by atoms with Crippen LogP contribution < -0.4 is 0 Å². The summed E-state index contributed by atoms with van der Waals surface area (Å²) in [7, 11) is -3.24. The van der Waals surface area contributed by atoms with Crippen molar-refractivity contribution in [2.45, 2.75) is 19.1 Å². The van der Waals surface area contributed by atoms with Crippen LogP contribution in [0, 0.1) is 0 Å². The highest BCUT2D eigenvalue weighted by Crippen LogP contribution is 2.27. The van der Waals surface area contributed by atoms with Crippen molar-refractivity contribution in [2.75, 3.05) is 18.8 Å². The Kier molecular flexibility index (Phi) is 5.82. The molecule has 1 aliphatic rings. The highest BCUT2D eigenvalue weighted by molar-refractivity contribution is 8.14. The van der Waals surface area contributed by atoms with E-state index in [1.54, 1.807) is 12.1 Å². The van der Waals surface area contributed by atoms with Crippen LogP contribution in [0.1, 0.15) is 18.9 Å². The predicted octanol–water partition coefficient (Wildman–Crippen LogP) is 3.64. The number of halogens is 2. The van der Waals surface area contributed by atoms with Crippen molar-refractivity contribution in [3.8, 4) is 0 Å². The number of thioether (sulfide) groups is 1. The number of benzene rings is 1. The third kappa shape index (κ3) is 4.28. The molecule has 1 heterocycles. The van der Waals surface area contributed by atoms with Crippen molar-refractivity contribution in [2.24, 2.45) is 4.99 Å². The number of hydrogen-bond acceptors (Lipinski definition) is 4. The lowest BCUT2D eigenvalue weighted by Crippen LogP contribution is -2.34. The molecule has 0 spiro atoms. The van der Waals surface area contributed by atoms with Gasteiger partial charge in [-0.2, -0.15) is 0 Å². The molecule has 0 aliphatic carbocycles. The van der Waals surface area contributed by atoms with Crippen LogP contribution in [0.25, 0.3) is 0 Å². The standard InChI is InChI=1S/C13H16Cl2N2O2S2/c1-2-7-21(18,19)17-6-5-16-13(17)20-9-10-3-4-11(14)12(15)8-10/h3-4,8H,2,5-7,9H2,1H3. The van der Waals surface area contributed by atoms with Crippen LogP contribution in [-0.4, -0.2) is 36.7 Å². The molecule has 0 unspecified atom stereocenters. The quantitative estimate of drug-likeness (QED) is 0.798. The summed E-state index contributed by atoms with van der Waals surface area (Å²) in [4.78, 5) is 4.29. The van der Waals surface area contributed by atoms with Crippen LogP contribution in [0.15, 0.2) is 23.2 Å². The van der Waals surface area contributed by atoms with Gasteiger partial charge in [0.1, 0.15) is 0 Å². The Bertz CT molecular complexity index is 648. The number of amidine groups is 1. The first-order chi connectivity index (χ1) is 9.94. The monoisotopic (exact) mass is 366 g/mol. The van der Waals surface area contributed by atoms with E-state index in [1.807, 2.05) is 13.0 Å². The molecule has 0 fully saturated rings. The predicted molar refractivity (Wildman–Crippen MR) is 90.8 cm³/mol. The van der Waals surface area contributed by atoms with Crippen molar-refractivity contribution in [1.29, 1.82) is 0 Å². The summed E-state index contributed by atoms with van der Waals surface area (Å²) < 4.78 is 25.7. The molecule has 0 atom stereocenters. The minimum atomic E-state index is -3.24. The van der Waals surface area contributed by atoms with Crippen LogP contribution in [0.5, 0.6) is 0 Å². The maximum absolute atomic E-state index is 12.1. The fourth-order valence-corrected chi connectivity index (χ4v) is 5.04. The number of nitrogens with zero attached hydrogens (tertiary/aromatic N) is 2. The molecule has 0 radical (unpaired) electrons. The van der Waals surface area contributed by atoms with Gasteiger partial charge >= 0.3 is 0 Å². The molecular formula is C13H16Cl2N2O2S2. The molecule has 0 aromatic heterocycles. The van der Waals surface area contributed by atoms with E-state index >= 15 is 0 Å². The molecule has 0 saturated heterocycles. The summed E-state index contributed by atoms with van der Waals surface area (Å²) in [5.74, 6) is 0.757. The number of sulfonamides is 1. The van der Waals surface area contributed by atoms with E-state index in [0.29, 0.717) is 40.5 Å². The topological polar surface area (TPSA) is 49.7 Å². The molecular weight excluding hydrogens is 351 g/mol. The molecule has 8 heteroatoms. The van der Waals surface area contributed by atoms with Gasteiger partial charge in [-0.1, -0.05) is 48.0 Å². The fraction of sp³-hybridized carbons (Fsp3) is 0.462. The van der Waals surface area contributed by atoms with E-state index in [9.17, 15) is 8.42 Å². The van der Waals surface area contributed by atoms with E-state index in [2.05, 4.69) is 4.99 Å². The Labute approximate surface area is 139 Å². The zero-order valence-corrected chi connectivity index (χ0v) is 14.7.